The summed E-state index contributed by atoms with van der Waals surface area (Å²) in [5, 5.41) is 25.2. The summed E-state index contributed by atoms with van der Waals surface area (Å²) in [6.07, 6.45) is -0.871. The van der Waals surface area contributed by atoms with Crippen molar-refractivity contribution in [2.75, 3.05) is 16.7 Å². The minimum Gasteiger partial charge on any atom is -0.497 e. The summed E-state index contributed by atoms with van der Waals surface area (Å²) in [5.41, 5.74) is 0.141. The van der Waals surface area contributed by atoms with Crippen molar-refractivity contribution in [2.45, 2.75) is 18.0 Å². The number of methoxy groups -OCH3 is 1. The first-order chi connectivity index (χ1) is 15.6. The van der Waals surface area contributed by atoms with Crippen LogP contribution in [0.4, 0.5) is 22.7 Å². The van der Waals surface area contributed by atoms with Crippen LogP contribution in [-0.2, 0) is 10.0 Å². The maximum atomic E-state index is 13.6. The number of ether oxygens (including phenoxy) is 1. The van der Waals surface area contributed by atoms with Gasteiger partial charge in [0, 0.05) is 30.0 Å². The first-order valence-corrected chi connectivity index (χ1v) is 11.0. The van der Waals surface area contributed by atoms with Crippen molar-refractivity contribution in [1.29, 1.82) is 0 Å². The van der Waals surface area contributed by atoms with Gasteiger partial charge in [-0.25, -0.2) is 12.7 Å². The second-order valence-electron chi connectivity index (χ2n) is 6.88. The van der Waals surface area contributed by atoms with Crippen LogP contribution in [0.1, 0.15) is 6.92 Å². The maximum absolute atomic E-state index is 13.6. The molecule has 0 saturated carbocycles. The highest BCUT2D eigenvalue weighted by Gasteiger charge is 2.31. The van der Waals surface area contributed by atoms with Gasteiger partial charge in [-0.3, -0.25) is 20.2 Å². The van der Waals surface area contributed by atoms with Crippen molar-refractivity contribution in [1.82, 2.24) is 0 Å². The lowest BCUT2D eigenvalue weighted by Crippen LogP contribution is -2.43. The second-order valence-corrected chi connectivity index (χ2v) is 8.69. The lowest BCUT2D eigenvalue weighted by atomic mass is 10.2. The summed E-state index contributed by atoms with van der Waals surface area (Å²) in [5.74, 6) is 0.615. The van der Waals surface area contributed by atoms with Crippen LogP contribution < -0.4 is 14.4 Å². The molecule has 0 spiro atoms. The molecule has 0 saturated heterocycles. The second kappa shape index (κ2) is 9.53. The number of non-ortho nitro benzene ring substituents is 2. The molecule has 0 bridgehead atoms. The smallest absolute Gasteiger partial charge is 0.270 e. The lowest BCUT2D eigenvalue weighted by Gasteiger charge is -2.31. The molecular formula is C21H20N4O7S. The molecule has 0 fully saturated rings. The minimum atomic E-state index is -4.30. The Hall–Kier alpha value is -4.19. The van der Waals surface area contributed by atoms with Gasteiger partial charge in [0.1, 0.15) is 11.9 Å². The molecule has 172 valence electrons. The van der Waals surface area contributed by atoms with Crippen LogP contribution in [0.25, 0.3) is 0 Å². The number of sulfonamides is 1. The first kappa shape index (κ1) is 23.5. The summed E-state index contributed by atoms with van der Waals surface area (Å²) in [4.78, 5) is 20.6. The Kier molecular flexibility index (Phi) is 6.78. The molecule has 0 aliphatic heterocycles. The summed E-state index contributed by atoms with van der Waals surface area (Å²) >= 11 is 0. The highest BCUT2D eigenvalue weighted by molar-refractivity contribution is 7.92. The van der Waals surface area contributed by atoms with Gasteiger partial charge in [0.25, 0.3) is 21.4 Å². The van der Waals surface area contributed by atoms with E-state index in [1.165, 1.54) is 49.6 Å². The summed E-state index contributed by atoms with van der Waals surface area (Å²) in [6.45, 7) is 1.58. The Morgan fingerprint density at radius 2 is 1.52 bits per heavy atom. The number of rotatable bonds is 9. The van der Waals surface area contributed by atoms with E-state index in [0.717, 1.165) is 10.4 Å². The van der Waals surface area contributed by atoms with Crippen LogP contribution >= 0.6 is 0 Å². The van der Waals surface area contributed by atoms with Gasteiger partial charge in [0.05, 0.1) is 27.5 Å². The van der Waals surface area contributed by atoms with Gasteiger partial charge in [0.2, 0.25) is 0 Å². The third-order valence-corrected chi connectivity index (χ3v) is 6.61. The summed E-state index contributed by atoms with van der Waals surface area (Å²) in [6, 6.07) is 16.5. The van der Waals surface area contributed by atoms with Gasteiger partial charge in [-0.1, -0.05) is 6.07 Å². The molecule has 11 nitrogen and oxygen atoms in total. The third kappa shape index (κ3) is 5.18. The number of anilines is 2. The Morgan fingerprint density at radius 3 is 2.06 bits per heavy atom. The fourth-order valence-electron chi connectivity index (χ4n) is 3.15. The largest absolute Gasteiger partial charge is 0.497 e. The molecule has 3 rings (SSSR count). The Balaban J connectivity index is 2.06. The van der Waals surface area contributed by atoms with E-state index >= 15 is 0 Å². The van der Waals surface area contributed by atoms with Gasteiger partial charge < -0.3 is 10.1 Å². The number of nitro groups is 2. The van der Waals surface area contributed by atoms with E-state index in [9.17, 15) is 28.6 Å². The Bertz CT molecular complexity index is 1260. The van der Waals surface area contributed by atoms with Crippen molar-refractivity contribution in [2.24, 2.45) is 0 Å². The molecule has 0 radical (unpaired) electrons. The molecule has 0 aromatic heterocycles. The number of nitro benzene ring substituents is 2. The predicted molar refractivity (Wildman–Crippen MR) is 122 cm³/mol. The zero-order chi connectivity index (χ0) is 24.2. The molecule has 12 heteroatoms. The molecule has 0 amide bonds. The lowest BCUT2D eigenvalue weighted by molar-refractivity contribution is -0.385. The topological polar surface area (TPSA) is 145 Å². The third-order valence-electron chi connectivity index (χ3n) is 4.72. The molecule has 3 aromatic carbocycles. The summed E-state index contributed by atoms with van der Waals surface area (Å²) < 4.78 is 33.3. The van der Waals surface area contributed by atoms with Gasteiger partial charge in [-0.05, 0) is 49.4 Å². The van der Waals surface area contributed by atoms with Gasteiger partial charge in [-0.2, -0.15) is 0 Å². The van der Waals surface area contributed by atoms with E-state index < -0.39 is 26.0 Å². The molecule has 0 aliphatic carbocycles. The van der Waals surface area contributed by atoms with Crippen molar-refractivity contribution < 1.29 is 23.0 Å². The molecular weight excluding hydrogens is 452 g/mol. The van der Waals surface area contributed by atoms with Crippen molar-refractivity contribution >= 4 is 32.8 Å². The molecule has 0 aliphatic rings. The Labute approximate surface area is 189 Å². The van der Waals surface area contributed by atoms with Crippen LogP contribution in [0, 0.1) is 20.2 Å². The van der Waals surface area contributed by atoms with Crippen LogP contribution in [0.3, 0.4) is 0 Å². The van der Waals surface area contributed by atoms with Crippen LogP contribution in [0.2, 0.25) is 0 Å². The van der Waals surface area contributed by atoms with E-state index in [0.29, 0.717) is 11.4 Å². The van der Waals surface area contributed by atoms with Gasteiger partial charge in [-0.15, -0.1) is 0 Å². The predicted octanol–water partition coefficient (Wildman–Crippen LogP) is 4.17. The van der Waals surface area contributed by atoms with E-state index in [1.54, 1.807) is 31.2 Å². The quantitative estimate of drug-likeness (QED) is 0.277. The fraction of sp³-hybridized carbons (Fsp3) is 0.143. The molecule has 1 N–H and O–H groups in total. The van der Waals surface area contributed by atoms with Crippen molar-refractivity contribution in [3.05, 3.63) is 93.0 Å². The van der Waals surface area contributed by atoms with Crippen molar-refractivity contribution in [3.63, 3.8) is 0 Å². The monoisotopic (exact) mass is 472 g/mol. The van der Waals surface area contributed by atoms with Gasteiger partial charge >= 0.3 is 0 Å². The van der Waals surface area contributed by atoms with E-state index in [-0.39, 0.29) is 22.0 Å². The van der Waals surface area contributed by atoms with Crippen LogP contribution in [0.15, 0.2) is 77.7 Å². The minimum absolute atomic E-state index is 0.139. The standard InChI is InChI=1S/C21H20N4O7S/c1-15(22-16-6-12-20(32-2)13-7-16)23(17-8-10-18(11-9-17)24(26)27)33(30,31)21-5-3-4-19(14-21)25(28)29/h3-15,22H,1-2H3. The first-order valence-electron chi connectivity index (χ1n) is 9.57. The number of nitrogens with one attached hydrogen (secondary N) is 1. The van der Waals surface area contributed by atoms with Crippen LogP contribution in [0.5, 0.6) is 5.75 Å². The molecule has 0 heterocycles. The SMILES string of the molecule is COc1ccc(NC(C)N(c2ccc([N+](=O)[O-])cc2)S(=O)(=O)c2cccc([N+](=O)[O-])c2)cc1. The number of hydrogen-bond donors (Lipinski definition) is 1. The maximum Gasteiger partial charge on any atom is 0.270 e. The van der Waals surface area contributed by atoms with Gasteiger partial charge in [0.15, 0.2) is 0 Å². The normalized spacial score (nSPS) is 11.9. The average molecular weight is 472 g/mol. The van der Waals surface area contributed by atoms with E-state index in [4.69, 9.17) is 4.74 Å². The number of nitrogens with zero attached hydrogens (tertiary/aromatic N) is 3. The molecule has 1 unspecified atom stereocenters. The average Bonchev–Trinajstić information content (AvgIpc) is 2.80. The van der Waals surface area contributed by atoms with Crippen LogP contribution in [-0.4, -0.2) is 31.5 Å². The summed E-state index contributed by atoms with van der Waals surface area (Å²) in [7, 11) is -2.78. The molecule has 3 aromatic rings. The molecule has 1 atom stereocenters. The van der Waals surface area contributed by atoms with E-state index in [2.05, 4.69) is 5.32 Å². The fourth-order valence-corrected chi connectivity index (χ4v) is 4.77. The number of hydrogen-bond acceptors (Lipinski definition) is 8. The number of benzene rings is 3. The zero-order valence-corrected chi connectivity index (χ0v) is 18.4. The molecule has 33 heavy (non-hydrogen) atoms. The van der Waals surface area contributed by atoms with Crippen molar-refractivity contribution in [3.8, 4) is 5.75 Å². The highest BCUT2D eigenvalue weighted by Crippen LogP contribution is 2.30. The zero-order valence-electron chi connectivity index (χ0n) is 17.6. The highest BCUT2D eigenvalue weighted by atomic mass is 32.2. The van der Waals surface area contributed by atoms with E-state index in [1.807, 2.05) is 0 Å². The Morgan fingerprint density at radius 1 is 0.909 bits per heavy atom.